The van der Waals surface area contributed by atoms with Crippen molar-refractivity contribution in [3.8, 4) is 0 Å². The molecule has 0 fully saturated rings. The van der Waals surface area contributed by atoms with Crippen LogP contribution in [0.2, 0.25) is 5.02 Å². The van der Waals surface area contributed by atoms with Crippen molar-refractivity contribution in [2.24, 2.45) is 5.10 Å². The molecule has 0 heterocycles. The summed E-state index contributed by atoms with van der Waals surface area (Å²) in [5.41, 5.74) is 4.23. The molecular formula is C17H18ClN3O3S. The van der Waals surface area contributed by atoms with Gasteiger partial charge >= 0.3 is 0 Å². The lowest BCUT2D eigenvalue weighted by Crippen LogP contribution is -2.36. The van der Waals surface area contributed by atoms with Gasteiger partial charge in [0.1, 0.15) is 0 Å². The number of hydrazone groups is 1. The van der Waals surface area contributed by atoms with E-state index in [9.17, 15) is 13.2 Å². The zero-order chi connectivity index (χ0) is 18.4. The fourth-order valence-corrected chi connectivity index (χ4v) is 3.29. The Morgan fingerprint density at radius 3 is 2.56 bits per heavy atom. The number of hydrogen-bond donors (Lipinski definition) is 1. The first-order valence-corrected chi connectivity index (χ1v) is 9.21. The molecule has 0 aliphatic carbocycles. The number of nitrogens with zero attached hydrogens (tertiary/aromatic N) is 2. The number of carbonyl (C=O) groups is 1. The van der Waals surface area contributed by atoms with Crippen molar-refractivity contribution in [3.05, 3.63) is 64.7 Å². The van der Waals surface area contributed by atoms with Crippen LogP contribution in [-0.4, -0.2) is 38.4 Å². The minimum Gasteiger partial charge on any atom is -0.272 e. The van der Waals surface area contributed by atoms with Crippen LogP contribution >= 0.6 is 11.6 Å². The van der Waals surface area contributed by atoms with Crippen molar-refractivity contribution in [1.82, 2.24) is 9.73 Å². The maximum atomic E-state index is 12.4. The van der Waals surface area contributed by atoms with Crippen LogP contribution in [0.4, 0.5) is 0 Å². The molecule has 8 heteroatoms. The van der Waals surface area contributed by atoms with Crippen molar-refractivity contribution in [1.29, 1.82) is 0 Å². The summed E-state index contributed by atoms with van der Waals surface area (Å²) in [5, 5.41) is 4.27. The number of sulfonamides is 1. The first kappa shape index (κ1) is 19.1. The van der Waals surface area contributed by atoms with E-state index in [4.69, 9.17) is 11.6 Å². The maximum absolute atomic E-state index is 12.4. The van der Waals surface area contributed by atoms with E-state index in [1.165, 1.54) is 37.5 Å². The molecule has 1 N–H and O–H groups in total. The minimum atomic E-state index is -3.77. The molecule has 0 spiro atoms. The van der Waals surface area contributed by atoms with E-state index < -0.39 is 15.9 Å². The summed E-state index contributed by atoms with van der Waals surface area (Å²) < 4.78 is 25.7. The second-order valence-electron chi connectivity index (χ2n) is 5.42. The highest BCUT2D eigenvalue weighted by Crippen LogP contribution is 2.17. The molecule has 25 heavy (non-hydrogen) atoms. The van der Waals surface area contributed by atoms with Gasteiger partial charge in [0.2, 0.25) is 10.0 Å². The third-order valence-corrected chi connectivity index (χ3v) is 5.40. The Labute approximate surface area is 152 Å². The van der Waals surface area contributed by atoms with Crippen LogP contribution in [-0.2, 0) is 14.8 Å². The number of hydrogen-bond acceptors (Lipinski definition) is 4. The highest BCUT2D eigenvalue weighted by atomic mass is 35.5. The van der Waals surface area contributed by atoms with Crippen LogP contribution in [0, 0.1) is 6.92 Å². The average molecular weight is 380 g/mol. The monoisotopic (exact) mass is 379 g/mol. The van der Waals surface area contributed by atoms with E-state index in [1.807, 2.05) is 31.2 Å². The summed E-state index contributed by atoms with van der Waals surface area (Å²) >= 11 is 5.75. The molecule has 0 aliphatic rings. The van der Waals surface area contributed by atoms with E-state index in [1.54, 1.807) is 0 Å². The van der Waals surface area contributed by atoms with E-state index in [0.29, 0.717) is 5.02 Å². The maximum Gasteiger partial charge on any atom is 0.255 e. The molecule has 0 bridgehead atoms. The third-order valence-electron chi connectivity index (χ3n) is 3.33. The van der Waals surface area contributed by atoms with Gasteiger partial charge in [0.25, 0.3) is 5.91 Å². The molecule has 2 aromatic rings. The largest absolute Gasteiger partial charge is 0.272 e. The number of halogens is 1. The molecule has 6 nitrogen and oxygen atoms in total. The first-order valence-electron chi connectivity index (χ1n) is 7.39. The molecule has 0 atom stereocenters. The number of rotatable bonds is 6. The molecule has 2 rings (SSSR count). The highest BCUT2D eigenvalue weighted by molar-refractivity contribution is 7.89. The zero-order valence-electron chi connectivity index (χ0n) is 13.8. The second-order valence-corrected chi connectivity index (χ2v) is 7.90. The summed E-state index contributed by atoms with van der Waals surface area (Å²) in [5.74, 6) is -0.538. The predicted molar refractivity (Wildman–Crippen MR) is 98.2 cm³/mol. The molecule has 0 saturated carbocycles. The first-order chi connectivity index (χ1) is 11.8. The minimum absolute atomic E-state index is 0.0652. The lowest BCUT2D eigenvalue weighted by atomic mass is 10.2. The van der Waals surface area contributed by atoms with Crippen molar-refractivity contribution in [3.63, 3.8) is 0 Å². The smallest absolute Gasteiger partial charge is 0.255 e. The van der Waals surface area contributed by atoms with Gasteiger partial charge in [-0.05, 0) is 36.8 Å². The third kappa shape index (κ3) is 5.38. The Balaban J connectivity index is 1.96. The lowest BCUT2D eigenvalue weighted by molar-refractivity contribution is -0.121. The standard InChI is InChI=1S/C17H18ClN3O3S/c1-13-4-3-5-14(10-13)11-19-20-17(22)12-21(2)25(23,24)16-8-6-15(18)7-9-16/h3-11H,12H2,1-2H3,(H,20,22)/b19-11-. The Bertz CT molecular complexity index is 880. The molecular weight excluding hydrogens is 362 g/mol. The van der Waals surface area contributed by atoms with E-state index in [0.717, 1.165) is 15.4 Å². The van der Waals surface area contributed by atoms with Gasteiger partial charge in [-0.3, -0.25) is 4.79 Å². The van der Waals surface area contributed by atoms with Crippen molar-refractivity contribution in [2.75, 3.05) is 13.6 Å². The van der Waals surface area contributed by atoms with Crippen LogP contribution in [0.15, 0.2) is 58.5 Å². The Morgan fingerprint density at radius 2 is 1.92 bits per heavy atom. The summed E-state index contributed by atoms with van der Waals surface area (Å²) in [4.78, 5) is 12.0. The second kappa shape index (κ2) is 8.24. The number of carbonyl (C=O) groups excluding carboxylic acids is 1. The molecule has 0 aliphatic heterocycles. The van der Waals surface area contributed by atoms with Crippen molar-refractivity contribution in [2.45, 2.75) is 11.8 Å². The van der Waals surface area contributed by atoms with Crippen LogP contribution in [0.25, 0.3) is 0 Å². The van der Waals surface area contributed by atoms with Crippen LogP contribution in [0.5, 0.6) is 0 Å². The van der Waals surface area contributed by atoms with Crippen LogP contribution in [0.3, 0.4) is 0 Å². The van der Waals surface area contributed by atoms with Gasteiger partial charge in [-0.1, -0.05) is 41.4 Å². The summed E-state index contributed by atoms with van der Waals surface area (Å²) in [6, 6.07) is 13.3. The molecule has 2 aromatic carbocycles. The van der Waals surface area contributed by atoms with E-state index in [-0.39, 0.29) is 11.4 Å². The molecule has 0 unspecified atom stereocenters. The average Bonchev–Trinajstić information content (AvgIpc) is 2.55. The number of aryl methyl sites for hydroxylation is 1. The van der Waals surface area contributed by atoms with Gasteiger partial charge in [0, 0.05) is 12.1 Å². The highest BCUT2D eigenvalue weighted by Gasteiger charge is 2.22. The van der Waals surface area contributed by atoms with Crippen LogP contribution < -0.4 is 5.43 Å². The Hall–Kier alpha value is -2.22. The fraction of sp³-hybridized carbons (Fsp3) is 0.176. The van der Waals surface area contributed by atoms with Gasteiger partial charge in [0.05, 0.1) is 17.7 Å². The number of amides is 1. The lowest BCUT2D eigenvalue weighted by Gasteiger charge is -2.16. The summed E-state index contributed by atoms with van der Waals surface area (Å²) in [7, 11) is -2.44. The number of nitrogens with one attached hydrogen (secondary N) is 1. The fourth-order valence-electron chi connectivity index (χ4n) is 2.04. The van der Waals surface area contributed by atoms with Gasteiger partial charge in [0.15, 0.2) is 0 Å². The van der Waals surface area contributed by atoms with Gasteiger partial charge in [-0.25, -0.2) is 13.8 Å². The Morgan fingerprint density at radius 1 is 1.24 bits per heavy atom. The van der Waals surface area contributed by atoms with Crippen molar-refractivity contribution >= 4 is 33.7 Å². The molecule has 0 saturated heterocycles. The summed E-state index contributed by atoms with van der Waals surface area (Å²) in [6.07, 6.45) is 1.50. The predicted octanol–water partition coefficient (Wildman–Crippen LogP) is 2.42. The number of likely N-dealkylation sites (N-methyl/N-ethyl adjacent to an activating group) is 1. The SMILES string of the molecule is Cc1cccc(/C=N\NC(=O)CN(C)S(=O)(=O)c2ccc(Cl)cc2)c1. The van der Waals surface area contributed by atoms with Crippen LogP contribution in [0.1, 0.15) is 11.1 Å². The van der Waals surface area contributed by atoms with Crippen molar-refractivity contribution < 1.29 is 13.2 Å². The molecule has 1 amide bonds. The van der Waals surface area contributed by atoms with Gasteiger partial charge < -0.3 is 0 Å². The topological polar surface area (TPSA) is 78.8 Å². The van der Waals surface area contributed by atoms with Gasteiger partial charge in [-0.2, -0.15) is 9.41 Å². The molecule has 0 radical (unpaired) electrons. The molecule has 0 aromatic heterocycles. The summed E-state index contributed by atoms with van der Waals surface area (Å²) in [6.45, 7) is 1.60. The zero-order valence-corrected chi connectivity index (χ0v) is 15.4. The van der Waals surface area contributed by atoms with Gasteiger partial charge in [-0.15, -0.1) is 0 Å². The quantitative estimate of drug-likeness (QED) is 0.618. The molecule has 132 valence electrons. The normalized spacial score (nSPS) is 11.8. The van der Waals surface area contributed by atoms with E-state index >= 15 is 0 Å². The Kier molecular flexibility index (Phi) is 6.30. The number of benzene rings is 2. The van der Waals surface area contributed by atoms with E-state index in [2.05, 4.69) is 10.5 Å².